The van der Waals surface area contributed by atoms with Gasteiger partial charge in [-0.3, -0.25) is 38.4 Å². The van der Waals surface area contributed by atoms with Crippen molar-refractivity contribution < 1.29 is 90.5 Å². The van der Waals surface area contributed by atoms with Crippen LogP contribution >= 0.6 is 0 Å². The Morgan fingerprint density at radius 3 is 1.27 bits per heavy atom. The van der Waals surface area contributed by atoms with E-state index in [0.29, 0.717) is 0 Å². The summed E-state index contributed by atoms with van der Waals surface area (Å²) < 4.78 is 60.8. The monoisotopic (exact) mass is 706 g/mol. The zero-order chi connectivity index (χ0) is 37.2. The summed E-state index contributed by atoms with van der Waals surface area (Å²) in [6.45, 7) is 9.11. The van der Waals surface area contributed by atoms with Crippen LogP contribution in [0.25, 0.3) is 0 Å². The Hall–Kier alpha value is -4.36. The smallest absolute Gasteiger partial charge is 0.308 e. The summed E-state index contributed by atoms with van der Waals surface area (Å²) >= 11 is 0. The summed E-state index contributed by atoms with van der Waals surface area (Å²) in [6, 6.07) is 0. The first-order valence-electron chi connectivity index (χ1n) is 15.1. The van der Waals surface area contributed by atoms with Crippen molar-refractivity contribution in [3.8, 4) is 0 Å². The lowest BCUT2D eigenvalue weighted by atomic mass is 9.96. The quantitative estimate of drug-likeness (QED) is 0.178. The SMILES string of the molecule is CC(=O)OC[C@H]1O[C@H](OC(C)=O)[C@H](OC(C)=O)[C@@H](OC(C)=O)[C@@H]1O[C@@H]1O[C@H](COC(=O)C(C)C)[C@H](OC(C)=O)[C@H](OC(C)=O)[C@H]1OC(C)=O. The first-order chi connectivity index (χ1) is 22.8. The normalized spacial score (nSPS) is 29.4. The predicted octanol–water partition coefficient (Wildman–Crippen LogP) is -0.195. The topological polar surface area (TPSA) is 238 Å². The molecular formula is C30H42O19. The fourth-order valence-electron chi connectivity index (χ4n) is 4.86. The van der Waals surface area contributed by atoms with Crippen molar-refractivity contribution in [1.82, 2.24) is 0 Å². The molecule has 0 unspecified atom stereocenters. The molecular weight excluding hydrogens is 664 g/mol. The highest BCUT2D eigenvalue weighted by molar-refractivity contribution is 5.72. The third-order valence-electron chi connectivity index (χ3n) is 6.58. The molecule has 0 amide bonds. The van der Waals surface area contributed by atoms with Crippen LogP contribution in [0.2, 0.25) is 0 Å². The molecule has 2 aliphatic heterocycles. The molecule has 0 spiro atoms. The molecule has 2 fully saturated rings. The van der Waals surface area contributed by atoms with E-state index in [2.05, 4.69) is 0 Å². The Balaban J connectivity index is 2.74. The van der Waals surface area contributed by atoms with Crippen molar-refractivity contribution in [3.63, 3.8) is 0 Å². The van der Waals surface area contributed by atoms with E-state index in [0.717, 1.165) is 48.5 Å². The zero-order valence-corrected chi connectivity index (χ0v) is 28.5. The average molecular weight is 707 g/mol. The molecule has 0 aromatic carbocycles. The third-order valence-corrected chi connectivity index (χ3v) is 6.58. The number of carbonyl (C=O) groups is 8. The van der Waals surface area contributed by atoms with Crippen molar-refractivity contribution in [1.29, 1.82) is 0 Å². The van der Waals surface area contributed by atoms with Gasteiger partial charge in [-0.15, -0.1) is 0 Å². The van der Waals surface area contributed by atoms with Crippen LogP contribution in [0.15, 0.2) is 0 Å². The van der Waals surface area contributed by atoms with Crippen LogP contribution < -0.4 is 0 Å². The first-order valence-corrected chi connectivity index (χ1v) is 15.1. The van der Waals surface area contributed by atoms with E-state index >= 15 is 0 Å². The van der Waals surface area contributed by atoms with Crippen LogP contribution in [0.1, 0.15) is 62.3 Å². The van der Waals surface area contributed by atoms with Gasteiger partial charge in [-0.25, -0.2) is 0 Å². The maximum absolute atomic E-state index is 12.4. The maximum Gasteiger partial charge on any atom is 0.308 e. The van der Waals surface area contributed by atoms with Gasteiger partial charge in [-0.2, -0.15) is 0 Å². The summed E-state index contributed by atoms with van der Waals surface area (Å²) in [5, 5.41) is 0. The second kappa shape index (κ2) is 18.4. The van der Waals surface area contributed by atoms with E-state index in [4.69, 9.17) is 52.1 Å². The lowest BCUT2D eigenvalue weighted by molar-refractivity contribution is -0.357. The predicted molar refractivity (Wildman–Crippen MR) is 154 cm³/mol. The van der Waals surface area contributed by atoms with Gasteiger partial charge in [0, 0.05) is 48.5 Å². The van der Waals surface area contributed by atoms with Crippen LogP contribution in [-0.4, -0.2) is 122 Å². The molecule has 0 aromatic rings. The molecule has 2 heterocycles. The van der Waals surface area contributed by atoms with Crippen molar-refractivity contribution in [2.75, 3.05) is 13.2 Å². The fraction of sp³-hybridized carbons (Fsp3) is 0.733. The lowest BCUT2D eigenvalue weighted by Crippen LogP contribution is -2.67. The molecule has 0 radical (unpaired) electrons. The standard InChI is InChI=1S/C30H42O19/c1-12(2)28(38)40-11-21-22(41-14(4)32)24(42-15(5)33)27(45-18(8)36)30(48-21)49-23-20(10-39-13(3)31)47-29(46-19(9)37)26(44-17(7)35)25(23)43-16(6)34/h12,20-27,29-30H,10-11H2,1-9H3/t20-,21-,22+,23-,24+,25+,26-,27-,29+,30+/m1/s1. The van der Waals surface area contributed by atoms with Crippen molar-refractivity contribution in [2.24, 2.45) is 5.92 Å². The maximum atomic E-state index is 12.4. The molecule has 276 valence electrons. The highest BCUT2D eigenvalue weighted by Crippen LogP contribution is 2.35. The molecule has 2 saturated heterocycles. The van der Waals surface area contributed by atoms with E-state index in [9.17, 15) is 38.4 Å². The van der Waals surface area contributed by atoms with Gasteiger partial charge in [-0.05, 0) is 0 Å². The lowest BCUT2D eigenvalue weighted by Gasteiger charge is -2.48. The minimum Gasteiger partial charge on any atom is -0.463 e. The number of esters is 8. The van der Waals surface area contributed by atoms with Gasteiger partial charge in [0.25, 0.3) is 0 Å². The molecule has 0 N–H and O–H groups in total. The number of hydrogen-bond acceptors (Lipinski definition) is 19. The Morgan fingerprint density at radius 1 is 0.449 bits per heavy atom. The van der Waals surface area contributed by atoms with E-state index < -0.39 is 128 Å². The van der Waals surface area contributed by atoms with E-state index in [1.165, 1.54) is 0 Å². The molecule has 49 heavy (non-hydrogen) atoms. The molecule has 0 bridgehead atoms. The van der Waals surface area contributed by atoms with Crippen LogP contribution in [0, 0.1) is 5.92 Å². The van der Waals surface area contributed by atoms with Crippen LogP contribution in [-0.2, 0) is 90.5 Å². The van der Waals surface area contributed by atoms with Crippen LogP contribution in [0.4, 0.5) is 0 Å². The van der Waals surface area contributed by atoms with Gasteiger partial charge in [0.2, 0.25) is 12.4 Å². The summed E-state index contributed by atoms with van der Waals surface area (Å²) in [5.74, 6) is -7.51. The number of rotatable bonds is 13. The second-order valence-electron chi connectivity index (χ2n) is 11.3. The van der Waals surface area contributed by atoms with Crippen molar-refractivity contribution in [3.05, 3.63) is 0 Å². The average Bonchev–Trinajstić information content (AvgIpc) is 2.95. The highest BCUT2D eigenvalue weighted by atomic mass is 16.8. The van der Waals surface area contributed by atoms with E-state index in [-0.39, 0.29) is 0 Å². The summed E-state index contributed by atoms with van der Waals surface area (Å²) in [5.41, 5.74) is 0. The Labute approximate surface area is 281 Å². The van der Waals surface area contributed by atoms with Gasteiger partial charge in [0.05, 0.1) is 5.92 Å². The minimum absolute atomic E-state index is 0.588. The van der Waals surface area contributed by atoms with Gasteiger partial charge >= 0.3 is 47.8 Å². The second-order valence-corrected chi connectivity index (χ2v) is 11.3. The number of hydrogen-bond donors (Lipinski definition) is 0. The van der Waals surface area contributed by atoms with E-state index in [1.54, 1.807) is 13.8 Å². The molecule has 0 aromatic heterocycles. The third kappa shape index (κ3) is 12.6. The zero-order valence-electron chi connectivity index (χ0n) is 28.5. The summed E-state index contributed by atoms with van der Waals surface area (Å²) in [7, 11) is 0. The molecule has 0 aliphatic carbocycles. The van der Waals surface area contributed by atoms with Crippen LogP contribution in [0.5, 0.6) is 0 Å². The summed E-state index contributed by atoms with van der Waals surface area (Å²) in [6.07, 6.45) is -16.4. The largest absolute Gasteiger partial charge is 0.463 e. The van der Waals surface area contributed by atoms with Crippen molar-refractivity contribution >= 4 is 47.8 Å². The summed E-state index contributed by atoms with van der Waals surface area (Å²) in [4.78, 5) is 97.4. The van der Waals surface area contributed by atoms with Gasteiger partial charge < -0.3 is 52.1 Å². The number of ether oxygens (including phenoxy) is 11. The Bertz CT molecular complexity index is 1250. The Morgan fingerprint density at radius 2 is 0.816 bits per heavy atom. The molecule has 10 atom stereocenters. The molecule has 19 nitrogen and oxygen atoms in total. The van der Waals surface area contributed by atoms with Gasteiger partial charge in [0.15, 0.2) is 30.7 Å². The van der Waals surface area contributed by atoms with Gasteiger partial charge in [-0.1, -0.05) is 13.8 Å². The highest BCUT2D eigenvalue weighted by Gasteiger charge is 2.58. The molecule has 19 heteroatoms. The molecule has 2 rings (SSSR count). The van der Waals surface area contributed by atoms with Crippen LogP contribution in [0.3, 0.4) is 0 Å². The molecule has 2 aliphatic rings. The van der Waals surface area contributed by atoms with Gasteiger partial charge in [0.1, 0.15) is 31.5 Å². The Kier molecular flexibility index (Phi) is 15.3. The minimum atomic E-state index is -1.84. The van der Waals surface area contributed by atoms with Crippen molar-refractivity contribution in [2.45, 2.75) is 124 Å². The number of carbonyl (C=O) groups excluding carboxylic acids is 8. The first kappa shape index (κ1) is 40.8. The fourth-order valence-corrected chi connectivity index (χ4v) is 4.86. The molecule has 0 saturated carbocycles. The van der Waals surface area contributed by atoms with E-state index in [1.807, 2.05) is 0 Å².